The van der Waals surface area contributed by atoms with Crippen LogP contribution in [0.25, 0.3) is 0 Å². The molecule has 2 fully saturated rings. The highest BCUT2D eigenvalue weighted by molar-refractivity contribution is 8.02. The molecular weight excluding hydrogens is 428 g/mol. The van der Waals surface area contributed by atoms with Crippen LogP contribution in [0.3, 0.4) is 0 Å². The number of rotatable bonds is 7. The van der Waals surface area contributed by atoms with Crippen LogP contribution in [0, 0.1) is 0 Å². The second-order valence-corrected chi connectivity index (χ2v) is 11.6. The van der Waals surface area contributed by atoms with Gasteiger partial charge in [-0.2, -0.15) is 16.1 Å². The SMILES string of the molecule is [B]C1SC(COP(=O)(O)OP(=O)(O)OP(C)(=O)O)C2OC(=S)OC12. The fourth-order valence-electron chi connectivity index (χ4n) is 1.94. The van der Waals surface area contributed by atoms with Crippen LogP contribution in [-0.2, 0) is 36.3 Å². The average Bonchev–Trinajstić information content (AvgIpc) is 2.82. The number of phosphoric ester groups is 1. The van der Waals surface area contributed by atoms with Crippen LogP contribution in [0.15, 0.2) is 0 Å². The van der Waals surface area contributed by atoms with Crippen molar-refractivity contribution in [3.8, 4) is 0 Å². The van der Waals surface area contributed by atoms with Gasteiger partial charge < -0.3 is 24.2 Å². The molecule has 136 valence electrons. The minimum Gasteiger partial charge on any atom is -0.449 e. The summed E-state index contributed by atoms with van der Waals surface area (Å²) in [4.78, 5) is 27.5. The molecule has 0 amide bonds. The molecule has 2 saturated heterocycles. The zero-order chi connectivity index (χ0) is 18.3. The number of thiocarbonyl (C=S) groups is 1. The van der Waals surface area contributed by atoms with Gasteiger partial charge in [0.2, 0.25) is 0 Å². The molecule has 0 aromatic rings. The molecule has 2 aliphatic heterocycles. The molecule has 0 aromatic heterocycles. The lowest BCUT2D eigenvalue weighted by atomic mass is 9.94. The second-order valence-electron chi connectivity index (χ2n) is 4.75. The van der Waals surface area contributed by atoms with Crippen molar-refractivity contribution in [1.82, 2.24) is 0 Å². The van der Waals surface area contributed by atoms with Crippen LogP contribution >= 0.6 is 47.2 Å². The first kappa shape index (κ1) is 20.9. The Bertz CT molecular complexity index is 654. The van der Waals surface area contributed by atoms with Gasteiger partial charge in [0.25, 0.3) is 0 Å². The molecule has 0 spiro atoms. The summed E-state index contributed by atoms with van der Waals surface area (Å²) in [6.45, 7) is 0.140. The van der Waals surface area contributed by atoms with E-state index in [0.29, 0.717) is 6.66 Å². The van der Waals surface area contributed by atoms with E-state index in [9.17, 15) is 23.5 Å². The third-order valence-corrected chi connectivity index (χ3v) is 8.37. The van der Waals surface area contributed by atoms with Crippen LogP contribution in [0.5, 0.6) is 0 Å². The third-order valence-electron chi connectivity index (χ3n) is 2.67. The Labute approximate surface area is 147 Å². The third kappa shape index (κ3) is 5.79. The molecule has 0 aliphatic carbocycles. The molecule has 2 rings (SSSR count). The Morgan fingerprint density at radius 2 is 1.75 bits per heavy atom. The van der Waals surface area contributed by atoms with Gasteiger partial charge in [0.15, 0.2) is 6.10 Å². The van der Waals surface area contributed by atoms with Gasteiger partial charge in [-0.3, -0.25) is 9.09 Å². The summed E-state index contributed by atoms with van der Waals surface area (Å²) in [5.41, 5.74) is 0. The highest BCUT2D eigenvalue weighted by Crippen LogP contribution is 2.66. The molecule has 2 heterocycles. The largest absolute Gasteiger partial charge is 0.488 e. The smallest absolute Gasteiger partial charge is 0.449 e. The lowest BCUT2D eigenvalue weighted by Gasteiger charge is -2.19. The predicted octanol–water partition coefficient (Wildman–Crippen LogP) is 0.731. The minimum atomic E-state index is -5.30. The Morgan fingerprint density at radius 1 is 1.17 bits per heavy atom. The zero-order valence-corrected chi connectivity index (χ0v) is 16.2. The average molecular weight is 440 g/mol. The molecule has 0 bridgehead atoms. The maximum absolute atomic E-state index is 11.7. The summed E-state index contributed by atoms with van der Waals surface area (Å²) >= 11 is 5.88. The standard InChI is InChI=1S/C7H12BO11P3S2/c1-20(9,10)18-22(13,14)19-21(11,12)15-2-3-4-5(6(8)24-3)17-7(23)16-4/h3-6H,2H2,1H3,(H,9,10)(H,11,12)(H,13,14). The van der Waals surface area contributed by atoms with Gasteiger partial charge in [0.05, 0.1) is 19.7 Å². The van der Waals surface area contributed by atoms with Crippen molar-refractivity contribution in [3.63, 3.8) is 0 Å². The van der Waals surface area contributed by atoms with E-state index < -0.39 is 52.5 Å². The Morgan fingerprint density at radius 3 is 2.33 bits per heavy atom. The molecule has 2 radical (unpaired) electrons. The monoisotopic (exact) mass is 440 g/mol. The molecule has 11 nitrogen and oxygen atoms in total. The summed E-state index contributed by atoms with van der Waals surface area (Å²) in [6.07, 6.45) is -1.18. The van der Waals surface area contributed by atoms with Gasteiger partial charge in [-0.15, -0.1) is 0 Å². The maximum atomic E-state index is 11.7. The molecule has 7 unspecified atom stereocenters. The summed E-state index contributed by atoms with van der Waals surface area (Å²) < 4.78 is 56.8. The van der Waals surface area contributed by atoms with E-state index in [-0.39, 0.29) is 5.24 Å². The molecular formula is C7H12BO11P3S2. The van der Waals surface area contributed by atoms with Crippen LogP contribution in [0.4, 0.5) is 0 Å². The number of fused-ring (bicyclic) bond motifs is 1. The predicted molar refractivity (Wildman–Crippen MR) is 86.8 cm³/mol. The summed E-state index contributed by atoms with van der Waals surface area (Å²) in [6, 6.07) is 0. The lowest BCUT2D eigenvalue weighted by Crippen LogP contribution is -2.31. The van der Waals surface area contributed by atoms with E-state index in [0.717, 1.165) is 11.8 Å². The number of phosphoric acid groups is 2. The van der Waals surface area contributed by atoms with Crippen molar-refractivity contribution in [2.75, 3.05) is 13.3 Å². The van der Waals surface area contributed by atoms with E-state index in [1.54, 1.807) is 0 Å². The summed E-state index contributed by atoms with van der Waals surface area (Å²) in [7, 11) is -9.02. The topological polar surface area (TPSA) is 158 Å². The number of thioether (sulfide) groups is 1. The van der Waals surface area contributed by atoms with Crippen molar-refractivity contribution in [1.29, 1.82) is 0 Å². The second kappa shape index (κ2) is 7.29. The fraction of sp³-hybridized carbons (Fsp3) is 0.857. The van der Waals surface area contributed by atoms with Gasteiger partial charge in [-0.1, -0.05) is 0 Å². The van der Waals surface area contributed by atoms with Crippen LogP contribution in [-0.4, -0.2) is 63.6 Å². The highest BCUT2D eigenvalue weighted by atomic mass is 32.2. The van der Waals surface area contributed by atoms with E-state index >= 15 is 0 Å². The van der Waals surface area contributed by atoms with Gasteiger partial charge in [-0.05, 0) is 0 Å². The normalized spacial score (nSPS) is 36.8. The number of hydrogen-bond acceptors (Lipinski definition) is 10. The maximum Gasteiger partial charge on any atom is 0.488 e. The lowest BCUT2D eigenvalue weighted by molar-refractivity contribution is 0.134. The Hall–Kier alpha value is 0.555. The van der Waals surface area contributed by atoms with Gasteiger partial charge in [0, 0.05) is 24.0 Å². The van der Waals surface area contributed by atoms with Crippen molar-refractivity contribution < 1.29 is 51.0 Å². The molecule has 24 heavy (non-hydrogen) atoms. The van der Waals surface area contributed by atoms with E-state index in [1.807, 2.05) is 0 Å². The first-order chi connectivity index (χ1) is 10.8. The molecule has 0 aromatic carbocycles. The van der Waals surface area contributed by atoms with Crippen molar-refractivity contribution in [2.24, 2.45) is 0 Å². The van der Waals surface area contributed by atoms with Gasteiger partial charge >= 0.3 is 28.5 Å². The molecule has 7 atom stereocenters. The number of ether oxygens (including phenoxy) is 2. The number of hydrogen-bond donors (Lipinski definition) is 3. The summed E-state index contributed by atoms with van der Waals surface area (Å²) in [5, 5.41) is -1.19. The first-order valence-corrected chi connectivity index (χ1v) is 12.5. The Balaban J connectivity index is 1.93. The van der Waals surface area contributed by atoms with E-state index in [2.05, 4.69) is 13.1 Å². The van der Waals surface area contributed by atoms with E-state index in [1.165, 1.54) is 0 Å². The molecule has 0 saturated carbocycles. The zero-order valence-electron chi connectivity index (χ0n) is 11.9. The van der Waals surface area contributed by atoms with Crippen LogP contribution in [0.1, 0.15) is 0 Å². The van der Waals surface area contributed by atoms with Crippen molar-refractivity contribution in [2.45, 2.75) is 22.6 Å². The highest BCUT2D eigenvalue weighted by Gasteiger charge is 2.51. The van der Waals surface area contributed by atoms with E-state index in [4.69, 9.17) is 34.4 Å². The van der Waals surface area contributed by atoms with Gasteiger partial charge in [0.1, 0.15) is 6.10 Å². The molecule has 3 N–H and O–H groups in total. The quantitative estimate of drug-likeness (QED) is 0.289. The van der Waals surface area contributed by atoms with Crippen molar-refractivity contribution in [3.05, 3.63) is 0 Å². The van der Waals surface area contributed by atoms with Crippen LogP contribution in [0.2, 0.25) is 0 Å². The van der Waals surface area contributed by atoms with Crippen LogP contribution < -0.4 is 0 Å². The fourth-order valence-corrected chi connectivity index (χ4v) is 7.05. The van der Waals surface area contributed by atoms with Gasteiger partial charge in [-0.25, -0.2) is 13.4 Å². The molecule has 2 aliphatic rings. The summed E-state index contributed by atoms with van der Waals surface area (Å²) in [5.74, 6) is 0. The molecule has 17 heteroatoms. The first-order valence-electron chi connectivity index (χ1n) is 6.09. The Kier molecular flexibility index (Phi) is 6.33. The van der Waals surface area contributed by atoms with Crippen molar-refractivity contribution >= 4 is 60.3 Å². The minimum absolute atomic E-state index is 0.107.